The summed E-state index contributed by atoms with van der Waals surface area (Å²) in [6.07, 6.45) is 1.28. The first kappa shape index (κ1) is 22.3. The average Bonchev–Trinajstić information content (AvgIpc) is 3.60. The molecule has 4 fully saturated rings. The number of nitrogens with one attached hydrogen (secondary N) is 2. The van der Waals surface area contributed by atoms with Gasteiger partial charge in [0, 0.05) is 68.2 Å². The van der Waals surface area contributed by atoms with Crippen molar-refractivity contribution >= 4 is 11.6 Å². The van der Waals surface area contributed by atoms with E-state index in [1.54, 1.807) is 0 Å². The minimum atomic E-state index is -0.0115. The van der Waals surface area contributed by atoms with Crippen molar-refractivity contribution in [3.05, 3.63) is 47.8 Å². The molecule has 6 rings (SSSR count). The van der Waals surface area contributed by atoms with E-state index in [9.17, 15) is 0 Å². The van der Waals surface area contributed by atoms with Gasteiger partial charge in [-0.05, 0) is 54.4 Å². The third kappa shape index (κ3) is 3.61. The molecule has 4 saturated heterocycles. The first-order valence-electron chi connectivity index (χ1n) is 13.3. The molecular formula is C28H40N6. The molecule has 4 aliphatic rings. The normalized spacial score (nSPS) is 30.9. The lowest BCUT2D eigenvalue weighted by Gasteiger charge is -2.35. The summed E-state index contributed by atoms with van der Waals surface area (Å²) in [5.74, 6) is 4.67. The van der Waals surface area contributed by atoms with Gasteiger partial charge in [0.25, 0.3) is 0 Å². The van der Waals surface area contributed by atoms with Gasteiger partial charge in [-0.1, -0.05) is 39.8 Å². The molecule has 0 spiro atoms. The lowest BCUT2D eigenvalue weighted by molar-refractivity contribution is 0.264. The van der Waals surface area contributed by atoms with Crippen molar-refractivity contribution in [3.8, 4) is 0 Å². The molecule has 0 saturated carbocycles. The zero-order valence-corrected chi connectivity index (χ0v) is 21.2. The summed E-state index contributed by atoms with van der Waals surface area (Å²) in [5.41, 5.74) is 2.41. The van der Waals surface area contributed by atoms with E-state index in [-0.39, 0.29) is 5.41 Å². The van der Waals surface area contributed by atoms with Gasteiger partial charge in [0.2, 0.25) is 0 Å². The molecule has 34 heavy (non-hydrogen) atoms. The largest absolute Gasteiger partial charge is 0.352 e. The number of pyridine rings is 2. The van der Waals surface area contributed by atoms with E-state index in [0.29, 0.717) is 29.8 Å². The highest BCUT2D eigenvalue weighted by Gasteiger charge is 2.51. The van der Waals surface area contributed by atoms with Crippen LogP contribution in [-0.4, -0.2) is 61.3 Å². The van der Waals surface area contributed by atoms with E-state index in [4.69, 9.17) is 9.97 Å². The number of aromatic nitrogens is 2. The average molecular weight is 461 g/mol. The van der Waals surface area contributed by atoms with Gasteiger partial charge in [0.05, 0.1) is 0 Å². The summed E-state index contributed by atoms with van der Waals surface area (Å²) in [6, 6.07) is 14.4. The first-order chi connectivity index (χ1) is 16.4. The second kappa shape index (κ2) is 8.49. The molecule has 6 heteroatoms. The minimum Gasteiger partial charge on any atom is -0.352 e. The number of anilines is 2. The van der Waals surface area contributed by atoms with Crippen LogP contribution in [0.2, 0.25) is 0 Å². The fourth-order valence-electron chi connectivity index (χ4n) is 7.13. The van der Waals surface area contributed by atoms with Gasteiger partial charge >= 0.3 is 0 Å². The number of rotatable bonds is 5. The van der Waals surface area contributed by atoms with Gasteiger partial charge in [-0.15, -0.1) is 0 Å². The van der Waals surface area contributed by atoms with E-state index >= 15 is 0 Å². The molecule has 6 nitrogen and oxygen atoms in total. The van der Waals surface area contributed by atoms with Crippen LogP contribution in [0, 0.1) is 17.8 Å². The highest BCUT2D eigenvalue weighted by molar-refractivity contribution is 5.47. The summed E-state index contributed by atoms with van der Waals surface area (Å²) in [4.78, 5) is 15.5. The van der Waals surface area contributed by atoms with E-state index in [1.807, 2.05) is 0 Å². The second-order valence-corrected chi connectivity index (χ2v) is 11.8. The predicted octanol–water partition coefficient (Wildman–Crippen LogP) is 3.40. The van der Waals surface area contributed by atoms with Crippen LogP contribution in [0.3, 0.4) is 0 Å². The van der Waals surface area contributed by atoms with Gasteiger partial charge in [0.1, 0.15) is 11.6 Å². The van der Waals surface area contributed by atoms with Gasteiger partial charge < -0.3 is 20.4 Å². The van der Waals surface area contributed by atoms with Crippen molar-refractivity contribution in [2.24, 2.45) is 17.8 Å². The maximum Gasteiger partial charge on any atom is 0.129 e. The summed E-state index contributed by atoms with van der Waals surface area (Å²) in [6.45, 7) is 15.9. The van der Waals surface area contributed by atoms with Crippen molar-refractivity contribution in [2.75, 3.05) is 49.1 Å². The molecule has 2 N–H and O–H groups in total. The third-order valence-corrected chi connectivity index (χ3v) is 9.24. The van der Waals surface area contributed by atoms with Crippen LogP contribution in [-0.2, 0) is 5.41 Å². The van der Waals surface area contributed by atoms with Gasteiger partial charge in [0.15, 0.2) is 0 Å². The topological polar surface area (TPSA) is 56.3 Å². The lowest BCUT2D eigenvalue weighted by Crippen LogP contribution is -2.38. The van der Waals surface area contributed by atoms with Crippen molar-refractivity contribution < 1.29 is 0 Å². The monoisotopic (exact) mass is 460 g/mol. The second-order valence-electron chi connectivity index (χ2n) is 11.8. The number of hydrogen-bond donors (Lipinski definition) is 2. The van der Waals surface area contributed by atoms with Crippen molar-refractivity contribution in [2.45, 2.75) is 57.5 Å². The highest BCUT2D eigenvalue weighted by atomic mass is 15.3. The Kier molecular flexibility index (Phi) is 5.57. The molecule has 2 aromatic rings. The Morgan fingerprint density at radius 2 is 1.62 bits per heavy atom. The van der Waals surface area contributed by atoms with Crippen LogP contribution < -0.4 is 20.4 Å². The molecule has 2 aromatic heterocycles. The third-order valence-electron chi connectivity index (χ3n) is 9.24. The van der Waals surface area contributed by atoms with Crippen molar-refractivity contribution in [1.82, 2.24) is 20.6 Å². The quantitative estimate of drug-likeness (QED) is 0.713. The van der Waals surface area contributed by atoms with E-state index in [0.717, 1.165) is 51.0 Å². The number of hydrogen-bond acceptors (Lipinski definition) is 6. The lowest BCUT2D eigenvalue weighted by atomic mass is 9.70. The SMILES string of the molecule is CC(C)c1cccc(N2CC(C(C)(C)c3cccc(N4CC[C@@H]5CNC[C@@H]54)n3)[C@H]3CNC[C@H]32)n1. The summed E-state index contributed by atoms with van der Waals surface area (Å²) in [5, 5.41) is 7.27. The van der Waals surface area contributed by atoms with Crippen LogP contribution in [0.5, 0.6) is 0 Å². The van der Waals surface area contributed by atoms with Crippen LogP contribution in [0.15, 0.2) is 36.4 Å². The summed E-state index contributed by atoms with van der Waals surface area (Å²) >= 11 is 0. The molecule has 0 bridgehead atoms. The van der Waals surface area contributed by atoms with Crippen LogP contribution >= 0.6 is 0 Å². The molecule has 0 aromatic carbocycles. The molecule has 0 aliphatic carbocycles. The van der Waals surface area contributed by atoms with E-state index in [2.05, 4.69) is 84.5 Å². The summed E-state index contributed by atoms with van der Waals surface area (Å²) in [7, 11) is 0. The van der Waals surface area contributed by atoms with Crippen molar-refractivity contribution in [3.63, 3.8) is 0 Å². The van der Waals surface area contributed by atoms with Gasteiger partial charge in [-0.2, -0.15) is 0 Å². The van der Waals surface area contributed by atoms with Gasteiger partial charge in [-0.3, -0.25) is 0 Å². The predicted molar refractivity (Wildman–Crippen MR) is 139 cm³/mol. The van der Waals surface area contributed by atoms with E-state index in [1.165, 1.54) is 23.6 Å². The Hall–Kier alpha value is -2.18. The highest BCUT2D eigenvalue weighted by Crippen LogP contribution is 2.46. The molecule has 0 amide bonds. The Morgan fingerprint density at radius 1 is 0.882 bits per heavy atom. The first-order valence-corrected chi connectivity index (χ1v) is 13.3. The summed E-state index contributed by atoms with van der Waals surface area (Å²) < 4.78 is 0. The minimum absolute atomic E-state index is 0.0115. The molecular weight excluding hydrogens is 420 g/mol. The van der Waals surface area contributed by atoms with E-state index < -0.39 is 0 Å². The molecule has 0 radical (unpaired) electrons. The molecule has 182 valence electrons. The smallest absolute Gasteiger partial charge is 0.129 e. The van der Waals surface area contributed by atoms with Crippen LogP contribution in [0.1, 0.15) is 51.4 Å². The van der Waals surface area contributed by atoms with Crippen molar-refractivity contribution in [1.29, 1.82) is 0 Å². The molecule has 5 atom stereocenters. The van der Waals surface area contributed by atoms with Crippen LogP contribution in [0.4, 0.5) is 11.6 Å². The van der Waals surface area contributed by atoms with Gasteiger partial charge in [-0.25, -0.2) is 9.97 Å². The maximum absolute atomic E-state index is 5.32. The number of fused-ring (bicyclic) bond motifs is 2. The molecule has 6 heterocycles. The fourth-order valence-corrected chi connectivity index (χ4v) is 7.13. The Labute approximate surface area is 204 Å². The zero-order chi connectivity index (χ0) is 23.4. The molecule has 4 aliphatic heterocycles. The fraction of sp³-hybridized carbons (Fsp3) is 0.643. The Balaban J connectivity index is 1.29. The molecule has 1 unspecified atom stereocenters. The standard InChI is InChI=1S/C28H40N6/c1-18(2)22-7-5-9-26(31-22)34-17-21(20-14-30-16-24(20)34)28(3,4)25-8-6-10-27(32-25)33-12-11-19-13-29-15-23(19)33/h5-10,18-21,23-24,29-30H,11-17H2,1-4H3/t19-,20-,21?,23+,24-/m1/s1. The number of nitrogens with zero attached hydrogens (tertiary/aromatic N) is 4. The Bertz CT molecular complexity index is 1040. The van der Waals surface area contributed by atoms with Crippen LogP contribution in [0.25, 0.3) is 0 Å². The zero-order valence-electron chi connectivity index (χ0n) is 21.2. The Morgan fingerprint density at radius 3 is 2.44 bits per heavy atom. The maximum atomic E-state index is 5.32.